The van der Waals surface area contributed by atoms with Crippen molar-refractivity contribution in [3.8, 4) is 91.0 Å². The fourth-order valence-corrected chi connectivity index (χ4v) is 10.0. The lowest BCUT2D eigenvalue weighted by atomic mass is 9.82. The first kappa shape index (κ1) is 31.8. The summed E-state index contributed by atoms with van der Waals surface area (Å²) in [6.45, 7) is 0. The van der Waals surface area contributed by atoms with Gasteiger partial charge in [-0.1, -0.05) is 97.1 Å². The number of nitriles is 4. The fraction of sp³-hybridized carbons (Fsp3) is 0. The summed E-state index contributed by atoms with van der Waals surface area (Å²) in [5.74, 6) is 0. The van der Waals surface area contributed by atoms with Crippen LogP contribution in [0.5, 0.6) is 0 Å². The normalized spacial score (nSPS) is 11.7. The molecule has 0 fully saturated rings. The van der Waals surface area contributed by atoms with Gasteiger partial charge in [-0.05, 0) is 158 Å². The lowest BCUT2D eigenvalue weighted by Gasteiger charge is -2.20. The summed E-state index contributed by atoms with van der Waals surface area (Å²) in [7, 11) is 0. The molecule has 0 amide bonds. The highest BCUT2D eigenvalue weighted by atomic mass is 14.3. The number of fused-ring (bicyclic) bond motifs is 11. The van der Waals surface area contributed by atoms with E-state index in [4.69, 9.17) is 0 Å². The van der Waals surface area contributed by atoms with Gasteiger partial charge in [-0.25, -0.2) is 0 Å². The first-order valence-electron chi connectivity index (χ1n) is 19.1. The second-order valence-corrected chi connectivity index (χ2v) is 15.2. The van der Waals surface area contributed by atoms with Crippen molar-refractivity contribution in [2.75, 3.05) is 0 Å². The Balaban J connectivity index is 1.28. The van der Waals surface area contributed by atoms with Crippen molar-refractivity contribution < 1.29 is 0 Å². The smallest absolute Gasteiger partial charge is 0.0998 e. The molecule has 0 aliphatic heterocycles. The zero-order valence-corrected chi connectivity index (χ0v) is 30.6. The van der Waals surface area contributed by atoms with Crippen LogP contribution in [-0.2, 0) is 0 Å². The van der Waals surface area contributed by atoms with E-state index in [0.717, 1.165) is 87.8 Å². The molecule has 10 aromatic rings. The second kappa shape index (κ2) is 11.5. The first-order valence-corrected chi connectivity index (χ1v) is 19.1. The molecule has 0 N–H and O–H groups in total. The van der Waals surface area contributed by atoms with Crippen LogP contribution in [0.4, 0.5) is 0 Å². The molecule has 0 heterocycles. The molecule has 12 rings (SSSR count). The van der Waals surface area contributed by atoms with Crippen LogP contribution in [-0.4, -0.2) is 0 Å². The van der Waals surface area contributed by atoms with E-state index >= 15 is 0 Å². The first-order chi connectivity index (χ1) is 28.6. The Labute approximate surface area is 332 Å². The molecular formula is C54H24N4. The minimum atomic E-state index is 0.434. The average molecular weight is 729 g/mol. The van der Waals surface area contributed by atoms with Crippen molar-refractivity contribution in [1.29, 1.82) is 21.0 Å². The van der Waals surface area contributed by atoms with Gasteiger partial charge in [-0.15, -0.1) is 0 Å². The lowest BCUT2D eigenvalue weighted by molar-refractivity contribution is 1.45. The maximum atomic E-state index is 10.6. The Morgan fingerprint density at radius 1 is 0.276 bits per heavy atom. The maximum Gasteiger partial charge on any atom is 0.0998 e. The molecule has 0 unspecified atom stereocenters. The second-order valence-electron chi connectivity index (χ2n) is 15.2. The van der Waals surface area contributed by atoms with Crippen LogP contribution in [0.3, 0.4) is 0 Å². The van der Waals surface area contributed by atoms with Gasteiger partial charge in [0.25, 0.3) is 0 Å². The Morgan fingerprint density at radius 2 is 0.741 bits per heavy atom. The van der Waals surface area contributed by atoms with Crippen LogP contribution in [0, 0.1) is 45.3 Å². The van der Waals surface area contributed by atoms with E-state index in [0.29, 0.717) is 22.3 Å². The molecule has 260 valence electrons. The predicted molar refractivity (Wildman–Crippen MR) is 233 cm³/mol. The van der Waals surface area contributed by atoms with Crippen molar-refractivity contribution in [1.82, 2.24) is 0 Å². The number of rotatable bonds is 2. The molecule has 58 heavy (non-hydrogen) atoms. The van der Waals surface area contributed by atoms with Gasteiger partial charge in [0.05, 0.1) is 46.5 Å². The van der Waals surface area contributed by atoms with E-state index < -0.39 is 0 Å². The third kappa shape index (κ3) is 4.08. The highest BCUT2D eigenvalue weighted by Gasteiger charge is 2.29. The van der Waals surface area contributed by atoms with Crippen molar-refractivity contribution >= 4 is 53.9 Å². The highest BCUT2D eigenvalue weighted by molar-refractivity contribution is 6.30. The van der Waals surface area contributed by atoms with Gasteiger partial charge in [0.15, 0.2) is 0 Å². The Morgan fingerprint density at radius 3 is 1.36 bits per heavy atom. The van der Waals surface area contributed by atoms with E-state index in [1.54, 1.807) is 24.3 Å². The van der Waals surface area contributed by atoms with Gasteiger partial charge < -0.3 is 0 Å². The maximum absolute atomic E-state index is 10.6. The van der Waals surface area contributed by atoms with E-state index in [2.05, 4.69) is 133 Å². The summed E-state index contributed by atoms with van der Waals surface area (Å²) >= 11 is 0. The minimum Gasteiger partial charge on any atom is -0.192 e. The number of benzene rings is 10. The largest absolute Gasteiger partial charge is 0.192 e. The molecule has 0 saturated heterocycles. The predicted octanol–water partition coefficient (Wildman–Crippen LogP) is 13.6. The molecule has 0 spiro atoms. The van der Waals surface area contributed by atoms with E-state index in [9.17, 15) is 21.0 Å². The van der Waals surface area contributed by atoms with E-state index in [1.165, 1.54) is 32.8 Å². The van der Waals surface area contributed by atoms with Gasteiger partial charge in [0, 0.05) is 11.1 Å². The monoisotopic (exact) mass is 728 g/mol. The SMILES string of the molecule is N#Cc1ccc(-c2cc3c4cc5c(c(-c6ccc(C#N)cc6C#N)c4ccc3c3cc4c(cc23)-c2cccc3cccc-4c23)-c2cccc3cccc-5c23)c(C#N)c1. The molecule has 4 nitrogen and oxygen atoms in total. The summed E-state index contributed by atoms with van der Waals surface area (Å²) < 4.78 is 0. The molecule has 10 aromatic carbocycles. The Kier molecular flexibility index (Phi) is 6.30. The molecule has 2 aliphatic carbocycles. The minimum absolute atomic E-state index is 0.434. The molecule has 0 radical (unpaired) electrons. The fourth-order valence-electron chi connectivity index (χ4n) is 10.0. The molecule has 0 atom stereocenters. The molecule has 0 saturated carbocycles. The molecular weight excluding hydrogens is 705 g/mol. The van der Waals surface area contributed by atoms with Crippen LogP contribution >= 0.6 is 0 Å². The lowest BCUT2D eigenvalue weighted by Crippen LogP contribution is -1.95. The summed E-state index contributed by atoms with van der Waals surface area (Å²) in [6, 6.07) is 59.4. The van der Waals surface area contributed by atoms with Crippen LogP contribution in [0.2, 0.25) is 0 Å². The summed E-state index contributed by atoms with van der Waals surface area (Å²) in [6.07, 6.45) is 0. The van der Waals surface area contributed by atoms with Crippen molar-refractivity contribution in [3.05, 3.63) is 168 Å². The van der Waals surface area contributed by atoms with Crippen LogP contribution in [0.15, 0.2) is 146 Å². The van der Waals surface area contributed by atoms with E-state index in [-0.39, 0.29) is 0 Å². The van der Waals surface area contributed by atoms with Crippen LogP contribution in [0.25, 0.3) is 121 Å². The summed E-state index contributed by atoms with van der Waals surface area (Å²) in [5.41, 5.74) is 14.3. The zero-order valence-electron chi connectivity index (χ0n) is 30.6. The molecule has 0 aromatic heterocycles. The number of hydrogen-bond donors (Lipinski definition) is 0. The van der Waals surface area contributed by atoms with Crippen molar-refractivity contribution in [3.63, 3.8) is 0 Å². The standard InChI is InChI=1S/C54H24N4/c55-25-29-13-15-35(33(19-29)27-57)43-21-44-37(45-22-46-38-9-1-5-31-6-2-10-39(51(31)38)47(46)23-49(43)45)17-18-41-48(44)24-50-40-11-3-7-32-8-4-12-42(52(32)40)54(50)53(41)36-16-14-30(26-56)20-34(36)28-58/h1-24H. The van der Waals surface area contributed by atoms with Gasteiger partial charge in [-0.2, -0.15) is 21.0 Å². The average Bonchev–Trinajstić information content (AvgIpc) is 3.77. The molecule has 0 bridgehead atoms. The summed E-state index contributed by atoms with van der Waals surface area (Å²) in [4.78, 5) is 0. The summed E-state index contributed by atoms with van der Waals surface area (Å²) in [5, 5.41) is 51.7. The van der Waals surface area contributed by atoms with Crippen LogP contribution < -0.4 is 0 Å². The third-order valence-electron chi connectivity index (χ3n) is 12.4. The number of nitrogens with zero attached hydrogens (tertiary/aromatic N) is 4. The van der Waals surface area contributed by atoms with Gasteiger partial charge in [0.2, 0.25) is 0 Å². The topological polar surface area (TPSA) is 95.2 Å². The van der Waals surface area contributed by atoms with Crippen LogP contribution in [0.1, 0.15) is 22.3 Å². The number of hydrogen-bond acceptors (Lipinski definition) is 4. The zero-order chi connectivity index (χ0) is 38.8. The third-order valence-corrected chi connectivity index (χ3v) is 12.4. The van der Waals surface area contributed by atoms with Gasteiger partial charge >= 0.3 is 0 Å². The van der Waals surface area contributed by atoms with Gasteiger partial charge in [-0.3, -0.25) is 0 Å². The Hall–Kier alpha value is -8.54. The van der Waals surface area contributed by atoms with E-state index in [1.807, 2.05) is 12.1 Å². The van der Waals surface area contributed by atoms with Crippen molar-refractivity contribution in [2.45, 2.75) is 0 Å². The molecule has 2 aliphatic rings. The highest BCUT2D eigenvalue weighted by Crippen LogP contribution is 2.56. The molecule has 4 heteroatoms. The quantitative estimate of drug-likeness (QED) is 0.166. The van der Waals surface area contributed by atoms with Gasteiger partial charge in [0.1, 0.15) is 0 Å². The van der Waals surface area contributed by atoms with Crippen molar-refractivity contribution in [2.24, 2.45) is 0 Å². The Bertz CT molecular complexity index is 3770.